The van der Waals surface area contributed by atoms with E-state index in [4.69, 9.17) is 14.6 Å². The Morgan fingerprint density at radius 3 is 2.52 bits per heavy atom. The van der Waals surface area contributed by atoms with E-state index in [0.717, 1.165) is 61.6 Å². The summed E-state index contributed by atoms with van der Waals surface area (Å²) in [6.07, 6.45) is 7.49. The lowest BCUT2D eigenvalue weighted by Crippen LogP contribution is -2.46. The number of hydrogen-bond acceptors (Lipinski definition) is 4. The molecule has 0 radical (unpaired) electrons. The average molecular weight is 437 g/mol. The van der Waals surface area contributed by atoms with Gasteiger partial charge in [0.15, 0.2) is 11.5 Å². The van der Waals surface area contributed by atoms with E-state index >= 15 is 0 Å². The number of halogens is 1. The number of unbranched alkanes of at least 4 members (excludes halogenated alkanes) is 2. The van der Waals surface area contributed by atoms with Crippen LogP contribution in [0.5, 0.6) is 11.5 Å². The fourth-order valence-corrected chi connectivity index (χ4v) is 4.56. The van der Waals surface area contributed by atoms with Gasteiger partial charge < -0.3 is 9.47 Å². The molecule has 2 aliphatic rings. The first-order valence-electron chi connectivity index (χ1n) is 9.87. The molecule has 1 fully saturated rings. The SMILES string of the molecule is COc1ccc(C2=NN(CCCCCBr)C(=O)C3CCCCC23)cc1OC. The summed E-state index contributed by atoms with van der Waals surface area (Å²) < 4.78 is 10.8. The number of carbonyl (C=O) groups is 1. The van der Waals surface area contributed by atoms with Gasteiger partial charge in [-0.2, -0.15) is 5.10 Å². The van der Waals surface area contributed by atoms with Crippen molar-refractivity contribution >= 4 is 27.5 Å². The monoisotopic (exact) mass is 436 g/mol. The fraction of sp³-hybridized carbons (Fsp3) is 0.619. The molecule has 148 valence electrons. The molecule has 1 amide bonds. The van der Waals surface area contributed by atoms with Crippen LogP contribution in [0.2, 0.25) is 0 Å². The van der Waals surface area contributed by atoms with Crippen molar-refractivity contribution in [1.82, 2.24) is 5.01 Å². The van der Waals surface area contributed by atoms with E-state index < -0.39 is 0 Å². The van der Waals surface area contributed by atoms with E-state index in [1.165, 1.54) is 0 Å². The van der Waals surface area contributed by atoms with Crippen molar-refractivity contribution in [3.63, 3.8) is 0 Å². The Morgan fingerprint density at radius 2 is 1.81 bits per heavy atom. The van der Waals surface area contributed by atoms with Crippen LogP contribution >= 0.6 is 15.9 Å². The Morgan fingerprint density at radius 1 is 1.07 bits per heavy atom. The van der Waals surface area contributed by atoms with Crippen molar-refractivity contribution < 1.29 is 14.3 Å². The van der Waals surface area contributed by atoms with Gasteiger partial charge in [0.1, 0.15) is 0 Å². The van der Waals surface area contributed by atoms with Gasteiger partial charge >= 0.3 is 0 Å². The minimum absolute atomic E-state index is 0.0653. The average Bonchev–Trinajstić information content (AvgIpc) is 2.72. The second-order valence-corrected chi connectivity index (χ2v) is 8.06. The molecule has 1 saturated carbocycles. The Kier molecular flexibility index (Phi) is 7.16. The van der Waals surface area contributed by atoms with Gasteiger partial charge in [0.05, 0.1) is 19.9 Å². The van der Waals surface area contributed by atoms with E-state index in [9.17, 15) is 4.79 Å². The number of fused-ring (bicyclic) bond motifs is 1. The molecule has 2 unspecified atom stereocenters. The van der Waals surface area contributed by atoms with Crippen LogP contribution in [0.15, 0.2) is 23.3 Å². The van der Waals surface area contributed by atoms with Crippen LogP contribution in [0.25, 0.3) is 0 Å². The fourth-order valence-electron chi connectivity index (χ4n) is 4.16. The summed E-state index contributed by atoms with van der Waals surface area (Å²) >= 11 is 3.47. The maximum Gasteiger partial charge on any atom is 0.246 e. The Bertz CT molecular complexity index is 692. The lowest BCUT2D eigenvalue weighted by molar-refractivity contribution is -0.139. The smallest absolute Gasteiger partial charge is 0.246 e. The van der Waals surface area contributed by atoms with E-state index in [2.05, 4.69) is 15.9 Å². The number of carbonyl (C=O) groups excluding carboxylic acids is 1. The largest absolute Gasteiger partial charge is 0.493 e. The molecule has 1 aliphatic heterocycles. The first kappa shape index (κ1) is 20.2. The highest BCUT2D eigenvalue weighted by molar-refractivity contribution is 9.09. The summed E-state index contributed by atoms with van der Waals surface area (Å²) in [5.74, 6) is 1.90. The van der Waals surface area contributed by atoms with E-state index in [0.29, 0.717) is 18.0 Å². The van der Waals surface area contributed by atoms with E-state index in [-0.39, 0.29) is 17.7 Å². The van der Waals surface area contributed by atoms with Crippen molar-refractivity contribution in [2.24, 2.45) is 16.9 Å². The molecule has 0 N–H and O–H groups in total. The highest BCUT2D eigenvalue weighted by Gasteiger charge is 2.41. The molecule has 27 heavy (non-hydrogen) atoms. The van der Waals surface area contributed by atoms with Crippen LogP contribution in [0, 0.1) is 11.8 Å². The van der Waals surface area contributed by atoms with Crippen molar-refractivity contribution in [2.45, 2.75) is 44.9 Å². The Balaban J connectivity index is 1.90. The van der Waals surface area contributed by atoms with Gasteiger partial charge in [-0.1, -0.05) is 35.2 Å². The molecule has 1 aromatic carbocycles. The maximum absolute atomic E-state index is 13.0. The van der Waals surface area contributed by atoms with Crippen LogP contribution < -0.4 is 9.47 Å². The minimum atomic E-state index is 0.0653. The van der Waals surface area contributed by atoms with Crippen LogP contribution in [0.1, 0.15) is 50.5 Å². The van der Waals surface area contributed by atoms with Crippen LogP contribution in [0.3, 0.4) is 0 Å². The first-order chi connectivity index (χ1) is 13.2. The van der Waals surface area contributed by atoms with Crippen molar-refractivity contribution in [3.8, 4) is 11.5 Å². The molecule has 1 heterocycles. The van der Waals surface area contributed by atoms with Gasteiger partial charge in [-0.05, 0) is 43.9 Å². The van der Waals surface area contributed by atoms with E-state index in [1.807, 2.05) is 18.2 Å². The molecular formula is C21H29BrN2O3. The number of alkyl halides is 1. The predicted molar refractivity (Wildman–Crippen MR) is 111 cm³/mol. The number of hydrazone groups is 1. The van der Waals surface area contributed by atoms with Crippen molar-refractivity contribution in [1.29, 1.82) is 0 Å². The highest BCUT2D eigenvalue weighted by atomic mass is 79.9. The standard InChI is InChI=1S/C21H29BrN2O3/c1-26-18-11-10-15(14-19(18)27-2)20-16-8-4-5-9-17(16)21(25)24(23-20)13-7-3-6-12-22/h10-11,14,16-17H,3-9,12-13H2,1-2H3. The van der Waals surface area contributed by atoms with Gasteiger partial charge in [0, 0.05) is 29.3 Å². The molecule has 1 aromatic rings. The second kappa shape index (κ2) is 9.58. The zero-order valence-corrected chi connectivity index (χ0v) is 17.8. The van der Waals surface area contributed by atoms with Gasteiger partial charge in [-0.3, -0.25) is 4.79 Å². The quantitative estimate of drug-likeness (QED) is 0.441. The van der Waals surface area contributed by atoms with Crippen LogP contribution in [0.4, 0.5) is 0 Å². The van der Waals surface area contributed by atoms with Crippen molar-refractivity contribution in [2.75, 3.05) is 26.1 Å². The van der Waals surface area contributed by atoms with E-state index in [1.54, 1.807) is 19.2 Å². The van der Waals surface area contributed by atoms with Crippen molar-refractivity contribution in [3.05, 3.63) is 23.8 Å². The van der Waals surface area contributed by atoms with Crippen LogP contribution in [-0.4, -0.2) is 42.7 Å². The number of rotatable bonds is 8. The Hall–Kier alpha value is -1.56. The number of benzene rings is 1. The zero-order chi connectivity index (χ0) is 19.2. The molecule has 2 atom stereocenters. The number of ether oxygens (including phenoxy) is 2. The minimum Gasteiger partial charge on any atom is -0.493 e. The molecular weight excluding hydrogens is 408 g/mol. The topological polar surface area (TPSA) is 51.1 Å². The summed E-state index contributed by atoms with van der Waals surface area (Å²) in [5, 5.41) is 7.57. The number of nitrogens with zero attached hydrogens (tertiary/aromatic N) is 2. The van der Waals surface area contributed by atoms with Gasteiger partial charge in [0.25, 0.3) is 0 Å². The predicted octanol–water partition coefficient (Wildman–Crippen LogP) is 4.62. The zero-order valence-electron chi connectivity index (χ0n) is 16.2. The first-order valence-corrected chi connectivity index (χ1v) is 11.0. The molecule has 6 heteroatoms. The summed E-state index contributed by atoms with van der Waals surface area (Å²) in [6.45, 7) is 0.700. The van der Waals surface area contributed by atoms with Gasteiger partial charge in [-0.25, -0.2) is 5.01 Å². The second-order valence-electron chi connectivity index (χ2n) is 7.26. The molecule has 5 nitrogen and oxygen atoms in total. The maximum atomic E-state index is 13.0. The molecule has 3 rings (SSSR count). The lowest BCUT2D eigenvalue weighted by Gasteiger charge is -2.38. The normalized spacial score (nSPS) is 22.3. The molecule has 0 bridgehead atoms. The summed E-state index contributed by atoms with van der Waals surface area (Å²) in [7, 11) is 3.29. The number of methoxy groups -OCH3 is 2. The summed E-state index contributed by atoms with van der Waals surface area (Å²) in [6, 6.07) is 5.94. The Labute approximate surface area is 170 Å². The third-order valence-electron chi connectivity index (χ3n) is 5.60. The molecule has 1 aliphatic carbocycles. The molecule has 0 spiro atoms. The molecule has 0 saturated heterocycles. The third-order valence-corrected chi connectivity index (χ3v) is 6.16. The van der Waals surface area contributed by atoms with Gasteiger partial charge in [-0.15, -0.1) is 0 Å². The third kappa shape index (κ3) is 4.48. The number of amides is 1. The number of hydrogen-bond donors (Lipinski definition) is 0. The van der Waals surface area contributed by atoms with Gasteiger partial charge in [0.2, 0.25) is 5.91 Å². The van der Waals surface area contributed by atoms with Crippen LogP contribution in [-0.2, 0) is 4.79 Å². The summed E-state index contributed by atoms with van der Waals surface area (Å²) in [5.41, 5.74) is 2.06. The molecule has 0 aromatic heterocycles. The highest BCUT2D eigenvalue weighted by Crippen LogP contribution is 2.39. The summed E-state index contributed by atoms with van der Waals surface area (Å²) in [4.78, 5) is 13.0. The lowest BCUT2D eigenvalue weighted by atomic mass is 9.73.